The number of hydrogen-bond acceptors (Lipinski definition) is 0. The maximum atomic E-state index is 2.36. The van der Waals surface area contributed by atoms with E-state index in [0.717, 1.165) is 6.54 Å². The minimum absolute atomic E-state index is 0.623. The summed E-state index contributed by atoms with van der Waals surface area (Å²) in [5.41, 5.74) is 2.59. The second-order valence-electron chi connectivity index (χ2n) is 15.0. The molecule has 1 aromatic heterocycles. The molecule has 2 rings (SSSR count). The third-order valence-electron chi connectivity index (χ3n) is 10.3. The topological polar surface area (TPSA) is 3.88 Å². The monoisotopic (exact) mass is 739 g/mol. The first-order valence-electron chi connectivity index (χ1n) is 21.7. The molecule has 1 heterocycles. The van der Waals surface area contributed by atoms with Gasteiger partial charge in [-0.3, -0.25) is 0 Å². The summed E-state index contributed by atoms with van der Waals surface area (Å²) in [6.45, 7) is 5.75. The summed E-state index contributed by atoms with van der Waals surface area (Å²) >= 11 is 0.623. The molecule has 0 saturated heterocycles. The van der Waals surface area contributed by atoms with Crippen molar-refractivity contribution >= 4 is 31.6 Å². The van der Waals surface area contributed by atoms with Gasteiger partial charge in [-0.2, -0.15) is 0 Å². The van der Waals surface area contributed by atoms with Gasteiger partial charge in [0, 0.05) is 0 Å². The summed E-state index contributed by atoms with van der Waals surface area (Å²) in [6.07, 6.45) is 52.2. The van der Waals surface area contributed by atoms with Crippen molar-refractivity contribution in [3.8, 4) is 0 Å². The zero-order valence-corrected chi connectivity index (χ0v) is 34.5. The molecule has 1 nitrogen and oxygen atoms in total. The fourth-order valence-electron chi connectivity index (χ4n) is 6.93. The number of pyridine rings is 1. The first kappa shape index (κ1) is 43.8. The van der Waals surface area contributed by atoms with Crippen molar-refractivity contribution in [3.05, 3.63) is 59.9 Å². The zero-order chi connectivity index (χ0) is 34.7. The molecule has 0 radical (unpaired) electrons. The van der Waals surface area contributed by atoms with Gasteiger partial charge in [0.1, 0.15) is 0 Å². The first-order chi connectivity index (χ1) is 24.3. The molecule has 0 bridgehead atoms. The molecule has 2 aromatic rings. The van der Waals surface area contributed by atoms with Crippen LogP contribution in [0.2, 0.25) is 5.32 Å². The molecule has 278 valence electrons. The molecule has 0 fully saturated rings. The maximum absolute atomic E-state index is 2.36. The van der Waals surface area contributed by atoms with Crippen LogP contribution in [0.4, 0.5) is 0 Å². The number of aromatic nitrogens is 1. The summed E-state index contributed by atoms with van der Waals surface area (Å²) in [7, 11) is 0. The standard InChI is InChI=1S/C47H80NSe/c1-3-5-7-9-11-13-15-16-17-18-19-20-21-22-23-24-26-28-30-32-44-49-47-37-35-45(36-38-47)33-34-46-39-42-48(43-40-46)41-31-29-27-25-14-12-10-8-6-4-2/h33-40,42-43H,3-32,41,44H2,1-2H3/q+1/b34-33+. The van der Waals surface area contributed by atoms with Crippen LogP contribution in [0, 0.1) is 0 Å². The van der Waals surface area contributed by atoms with Crippen LogP contribution in [0.5, 0.6) is 0 Å². The molecule has 49 heavy (non-hydrogen) atoms. The first-order valence-corrected chi connectivity index (χ1v) is 23.8. The van der Waals surface area contributed by atoms with E-state index >= 15 is 0 Å². The van der Waals surface area contributed by atoms with Crippen molar-refractivity contribution in [3.63, 3.8) is 0 Å². The molecule has 0 N–H and O–H groups in total. The van der Waals surface area contributed by atoms with Crippen LogP contribution in [0.3, 0.4) is 0 Å². The Hall–Kier alpha value is -1.37. The van der Waals surface area contributed by atoms with Crippen LogP contribution in [0.15, 0.2) is 48.8 Å². The predicted octanol–water partition coefficient (Wildman–Crippen LogP) is 14.6. The van der Waals surface area contributed by atoms with Gasteiger partial charge < -0.3 is 0 Å². The van der Waals surface area contributed by atoms with Gasteiger partial charge in [-0.15, -0.1) is 0 Å². The number of benzene rings is 1. The number of aryl methyl sites for hydroxylation is 1. The molecule has 0 amide bonds. The fraction of sp³-hybridized carbons (Fsp3) is 0.723. The second-order valence-corrected chi connectivity index (χ2v) is 17.5. The fourth-order valence-corrected chi connectivity index (χ4v) is 8.84. The Morgan fingerprint density at radius 2 is 0.714 bits per heavy atom. The summed E-state index contributed by atoms with van der Waals surface area (Å²) in [4.78, 5) is 0. The van der Waals surface area contributed by atoms with Gasteiger partial charge in [-0.25, -0.2) is 0 Å². The van der Waals surface area contributed by atoms with Gasteiger partial charge >= 0.3 is 185 Å². The van der Waals surface area contributed by atoms with E-state index in [1.54, 1.807) is 4.46 Å². The zero-order valence-electron chi connectivity index (χ0n) is 32.8. The van der Waals surface area contributed by atoms with E-state index in [1.165, 1.54) is 209 Å². The van der Waals surface area contributed by atoms with Crippen molar-refractivity contribution in [1.29, 1.82) is 0 Å². The van der Waals surface area contributed by atoms with Crippen LogP contribution < -0.4 is 9.03 Å². The molecule has 2 heteroatoms. The van der Waals surface area contributed by atoms with Crippen molar-refractivity contribution in [2.45, 2.75) is 218 Å². The number of hydrogen-bond donors (Lipinski definition) is 0. The summed E-state index contributed by atoms with van der Waals surface area (Å²) in [6, 6.07) is 13.8. The Morgan fingerprint density at radius 3 is 1.10 bits per heavy atom. The molecule has 0 aliphatic carbocycles. The Balaban J connectivity index is 1.38. The van der Waals surface area contributed by atoms with E-state index in [9.17, 15) is 0 Å². The summed E-state index contributed by atoms with van der Waals surface area (Å²) in [5, 5.41) is 1.39. The number of rotatable bonds is 35. The van der Waals surface area contributed by atoms with Crippen molar-refractivity contribution in [2.24, 2.45) is 0 Å². The molecule has 0 spiro atoms. The van der Waals surface area contributed by atoms with Crippen molar-refractivity contribution in [2.75, 3.05) is 0 Å². The van der Waals surface area contributed by atoms with Crippen LogP contribution in [-0.2, 0) is 6.54 Å². The number of unbranched alkanes of at least 4 members (excludes halogenated alkanes) is 28. The second kappa shape index (κ2) is 33.8. The molecular formula is C47H80NSe+. The molecule has 0 aliphatic rings. The molecule has 0 saturated carbocycles. The van der Waals surface area contributed by atoms with E-state index < -0.39 is 0 Å². The van der Waals surface area contributed by atoms with Crippen LogP contribution >= 0.6 is 0 Å². The van der Waals surface area contributed by atoms with Crippen LogP contribution in [-0.4, -0.2) is 15.0 Å². The number of nitrogens with zero attached hydrogens (tertiary/aromatic N) is 1. The average molecular weight is 738 g/mol. The van der Waals surface area contributed by atoms with E-state index in [2.05, 4.69) is 79.4 Å². The normalized spacial score (nSPS) is 11.6. The van der Waals surface area contributed by atoms with E-state index in [4.69, 9.17) is 0 Å². The van der Waals surface area contributed by atoms with Crippen molar-refractivity contribution in [1.82, 2.24) is 0 Å². The Kier molecular flexibility index (Phi) is 30.2. The predicted molar refractivity (Wildman–Crippen MR) is 222 cm³/mol. The Labute approximate surface area is 313 Å². The SMILES string of the molecule is CCCCCCCCCCCCCCCCCCCCCC[Se]c1ccc(/C=C/c2cc[n+](CCCCCCCCCCCC)cc2)cc1. The minimum atomic E-state index is 0.623. The molecule has 0 aliphatic heterocycles. The molecule has 1 aromatic carbocycles. The van der Waals surface area contributed by atoms with Gasteiger partial charge in [0.25, 0.3) is 0 Å². The van der Waals surface area contributed by atoms with Crippen molar-refractivity contribution < 1.29 is 4.57 Å². The van der Waals surface area contributed by atoms with Crippen LogP contribution in [0.1, 0.15) is 218 Å². The quantitative estimate of drug-likeness (QED) is 0.0377. The summed E-state index contributed by atoms with van der Waals surface area (Å²) < 4.78 is 3.90. The van der Waals surface area contributed by atoms with Crippen LogP contribution in [0.25, 0.3) is 12.2 Å². The summed E-state index contributed by atoms with van der Waals surface area (Å²) in [5.74, 6) is 0. The van der Waals surface area contributed by atoms with Gasteiger partial charge in [0.05, 0.1) is 0 Å². The third-order valence-corrected chi connectivity index (χ3v) is 12.6. The Morgan fingerprint density at radius 1 is 0.388 bits per heavy atom. The average Bonchev–Trinajstić information content (AvgIpc) is 3.13. The van der Waals surface area contributed by atoms with E-state index in [0.29, 0.717) is 15.0 Å². The molecular weight excluding hydrogens is 657 g/mol. The van der Waals surface area contributed by atoms with E-state index in [1.807, 2.05) is 0 Å². The molecule has 0 unspecified atom stereocenters. The van der Waals surface area contributed by atoms with E-state index in [-0.39, 0.29) is 0 Å². The van der Waals surface area contributed by atoms with Gasteiger partial charge in [-0.1, -0.05) is 123 Å². The van der Waals surface area contributed by atoms with Gasteiger partial charge in [0.2, 0.25) is 0 Å². The van der Waals surface area contributed by atoms with Gasteiger partial charge in [0.15, 0.2) is 0 Å². The Bertz CT molecular complexity index is 978. The van der Waals surface area contributed by atoms with Gasteiger partial charge in [-0.05, 0) is 6.42 Å². The molecule has 0 atom stereocenters. The third kappa shape index (κ3) is 27.0.